The standard InChI is InChI=1S/C25H27FN2O3S2/c1-18-8-14-23(15-9-18)33(30,31)28(16-21-6-4-5-7-24(21)26)17-25(29)27-19(2)20-10-12-22(32-3)13-11-20/h4-15,19H,16-17H2,1-3H3,(H,27,29)/t19-/m1/s1. The van der Waals surface area contributed by atoms with E-state index in [1.54, 1.807) is 30.0 Å². The third-order valence-corrected chi connectivity index (χ3v) is 7.83. The lowest BCUT2D eigenvalue weighted by molar-refractivity contribution is -0.122. The van der Waals surface area contributed by atoms with Crippen molar-refractivity contribution >= 4 is 27.7 Å². The maximum atomic E-state index is 14.3. The first-order valence-electron chi connectivity index (χ1n) is 10.4. The zero-order chi connectivity index (χ0) is 24.0. The summed E-state index contributed by atoms with van der Waals surface area (Å²) in [5.41, 5.74) is 2.01. The summed E-state index contributed by atoms with van der Waals surface area (Å²) in [6.45, 7) is 3.00. The summed E-state index contributed by atoms with van der Waals surface area (Å²) in [5, 5.41) is 2.85. The first kappa shape index (κ1) is 25.0. The van der Waals surface area contributed by atoms with E-state index in [1.165, 1.54) is 30.3 Å². The Bertz CT molecular complexity index is 1200. The molecule has 0 unspecified atom stereocenters. The Labute approximate surface area is 199 Å². The number of thioether (sulfide) groups is 1. The Morgan fingerprint density at radius 2 is 1.67 bits per heavy atom. The molecule has 0 aliphatic rings. The first-order valence-corrected chi connectivity index (χ1v) is 13.1. The fourth-order valence-electron chi connectivity index (χ4n) is 3.33. The van der Waals surface area contributed by atoms with Crippen molar-refractivity contribution in [1.29, 1.82) is 0 Å². The summed E-state index contributed by atoms with van der Waals surface area (Å²) in [5.74, 6) is -0.993. The topological polar surface area (TPSA) is 66.5 Å². The van der Waals surface area contributed by atoms with Crippen molar-refractivity contribution in [2.24, 2.45) is 0 Å². The van der Waals surface area contributed by atoms with Gasteiger partial charge in [0.1, 0.15) is 5.82 Å². The van der Waals surface area contributed by atoms with Gasteiger partial charge in [-0.05, 0) is 56.0 Å². The van der Waals surface area contributed by atoms with Crippen LogP contribution in [0.5, 0.6) is 0 Å². The number of halogens is 1. The molecule has 3 aromatic carbocycles. The number of nitrogens with one attached hydrogen (secondary N) is 1. The summed E-state index contributed by atoms with van der Waals surface area (Å²) in [6.07, 6.45) is 1.98. The van der Waals surface area contributed by atoms with Crippen LogP contribution in [0.4, 0.5) is 4.39 Å². The second-order valence-electron chi connectivity index (χ2n) is 7.74. The number of aryl methyl sites for hydroxylation is 1. The molecule has 0 aromatic heterocycles. The van der Waals surface area contributed by atoms with Crippen molar-refractivity contribution in [1.82, 2.24) is 9.62 Å². The lowest BCUT2D eigenvalue weighted by Gasteiger charge is -2.23. The minimum atomic E-state index is -4.03. The summed E-state index contributed by atoms with van der Waals surface area (Å²) in [7, 11) is -4.03. The van der Waals surface area contributed by atoms with Crippen LogP contribution in [0.15, 0.2) is 82.6 Å². The number of carbonyl (C=O) groups excluding carboxylic acids is 1. The van der Waals surface area contributed by atoms with Gasteiger partial charge in [0.25, 0.3) is 0 Å². The summed E-state index contributed by atoms with van der Waals surface area (Å²) < 4.78 is 42.0. The van der Waals surface area contributed by atoms with Crippen molar-refractivity contribution in [2.45, 2.75) is 36.2 Å². The maximum absolute atomic E-state index is 14.3. The summed E-state index contributed by atoms with van der Waals surface area (Å²) in [6, 6.07) is 19.8. The molecule has 3 rings (SSSR count). The Morgan fingerprint density at radius 1 is 1.03 bits per heavy atom. The van der Waals surface area contributed by atoms with Gasteiger partial charge in [0.05, 0.1) is 17.5 Å². The third-order valence-electron chi connectivity index (χ3n) is 5.28. The molecule has 1 amide bonds. The highest BCUT2D eigenvalue weighted by molar-refractivity contribution is 7.98. The van der Waals surface area contributed by atoms with Crippen LogP contribution in [0, 0.1) is 12.7 Å². The minimum Gasteiger partial charge on any atom is -0.348 e. The Kier molecular flexibility index (Phi) is 8.29. The van der Waals surface area contributed by atoms with E-state index in [-0.39, 0.29) is 23.0 Å². The molecule has 0 saturated heterocycles. The Balaban J connectivity index is 1.83. The largest absolute Gasteiger partial charge is 0.348 e. The number of carbonyl (C=O) groups is 1. The number of hydrogen-bond acceptors (Lipinski definition) is 4. The van der Waals surface area contributed by atoms with Gasteiger partial charge in [-0.15, -0.1) is 11.8 Å². The maximum Gasteiger partial charge on any atom is 0.243 e. The smallest absolute Gasteiger partial charge is 0.243 e. The van der Waals surface area contributed by atoms with E-state index in [9.17, 15) is 17.6 Å². The van der Waals surface area contributed by atoms with Crippen molar-refractivity contribution in [3.8, 4) is 0 Å². The average Bonchev–Trinajstić information content (AvgIpc) is 2.80. The van der Waals surface area contributed by atoms with E-state index in [2.05, 4.69) is 5.32 Å². The fraction of sp³-hybridized carbons (Fsp3) is 0.240. The van der Waals surface area contributed by atoms with Crippen LogP contribution < -0.4 is 5.32 Å². The molecule has 5 nitrogen and oxygen atoms in total. The molecule has 3 aromatic rings. The van der Waals surface area contributed by atoms with Crippen LogP contribution in [0.1, 0.15) is 29.7 Å². The highest BCUT2D eigenvalue weighted by atomic mass is 32.2. The van der Waals surface area contributed by atoms with E-state index in [1.807, 2.05) is 44.4 Å². The van der Waals surface area contributed by atoms with Gasteiger partial charge in [-0.2, -0.15) is 4.31 Å². The van der Waals surface area contributed by atoms with Crippen LogP contribution in [0.25, 0.3) is 0 Å². The van der Waals surface area contributed by atoms with Crippen LogP contribution in [-0.4, -0.2) is 31.4 Å². The number of sulfonamides is 1. The molecule has 0 radical (unpaired) electrons. The monoisotopic (exact) mass is 486 g/mol. The number of benzene rings is 3. The summed E-state index contributed by atoms with van der Waals surface area (Å²) in [4.78, 5) is 14.0. The quantitative estimate of drug-likeness (QED) is 0.436. The average molecular weight is 487 g/mol. The number of amides is 1. The normalized spacial score (nSPS) is 12.5. The van der Waals surface area contributed by atoms with Gasteiger partial charge in [0, 0.05) is 17.0 Å². The van der Waals surface area contributed by atoms with Crippen molar-refractivity contribution < 1.29 is 17.6 Å². The van der Waals surface area contributed by atoms with Gasteiger partial charge in [-0.25, -0.2) is 12.8 Å². The molecule has 1 N–H and O–H groups in total. The first-order chi connectivity index (χ1) is 15.7. The lowest BCUT2D eigenvalue weighted by Crippen LogP contribution is -2.41. The van der Waals surface area contributed by atoms with E-state index >= 15 is 0 Å². The van der Waals surface area contributed by atoms with Crippen molar-refractivity contribution in [3.63, 3.8) is 0 Å². The predicted octanol–water partition coefficient (Wildman–Crippen LogP) is 4.92. The molecule has 33 heavy (non-hydrogen) atoms. The molecular weight excluding hydrogens is 459 g/mol. The zero-order valence-electron chi connectivity index (χ0n) is 18.8. The molecule has 0 spiro atoms. The molecule has 8 heteroatoms. The third kappa shape index (κ3) is 6.43. The van der Waals surface area contributed by atoms with E-state index in [0.717, 1.165) is 20.3 Å². The molecule has 0 fully saturated rings. The SMILES string of the molecule is CSc1ccc([C@@H](C)NC(=O)CN(Cc2ccccc2F)S(=O)(=O)c2ccc(C)cc2)cc1. The second kappa shape index (κ2) is 11.0. The fourth-order valence-corrected chi connectivity index (χ4v) is 5.11. The Hall–Kier alpha value is -2.68. The predicted molar refractivity (Wildman–Crippen MR) is 130 cm³/mol. The van der Waals surface area contributed by atoms with Crippen LogP contribution in [-0.2, 0) is 21.4 Å². The number of rotatable bonds is 9. The van der Waals surface area contributed by atoms with Crippen LogP contribution in [0.2, 0.25) is 0 Å². The zero-order valence-corrected chi connectivity index (χ0v) is 20.4. The van der Waals surface area contributed by atoms with Crippen LogP contribution in [0.3, 0.4) is 0 Å². The van der Waals surface area contributed by atoms with E-state index in [4.69, 9.17) is 0 Å². The molecule has 1 atom stereocenters. The van der Waals surface area contributed by atoms with Gasteiger partial charge >= 0.3 is 0 Å². The number of nitrogens with zero attached hydrogens (tertiary/aromatic N) is 1. The summed E-state index contributed by atoms with van der Waals surface area (Å²) >= 11 is 1.62. The molecule has 0 heterocycles. The lowest BCUT2D eigenvalue weighted by atomic mass is 10.1. The van der Waals surface area contributed by atoms with Crippen molar-refractivity contribution in [2.75, 3.05) is 12.8 Å². The van der Waals surface area contributed by atoms with Gasteiger partial charge in [-0.3, -0.25) is 4.79 Å². The van der Waals surface area contributed by atoms with Crippen LogP contribution >= 0.6 is 11.8 Å². The Morgan fingerprint density at radius 3 is 2.27 bits per heavy atom. The van der Waals surface area contributed by atoms with Gasteiger partial charge in [-0.1, -0.05) is 48.0 Å². The highest BCUT2D eigenvalue weighted by Gasteiger charge is 2.28. The molecule has 0 aliphatic heterocycles. The van der Waals surface area contributed by atoms with E-state index in [0.29, 0.717) is 0 Å². The van der Waals surface area contributed by atoms with Gasteiger partial charge < -0.3 is 5.32 Å². The molecule has 0 saturated carbocycles. The number of hydrogen-bond donors (Lipinski definition) is 1. The van der Waals surface area contributed by atoms with Crippen molar-refractivity contribution in [3.05, 3.63) is 95.3 Å². The minimum absolute atomic E-state index is 0.0537. The molecule has 174 valence electrons. The van der Waals surface area contributed by atoms with Gasteiger partial charge in [0.15, 0.2) is 0 Å². The highest BCUT2D eigenvalue weighted by Crippen LogP contribution is 2.22. The second-order valence-corrected chi connectivity index (χ2v) is 10.6. The molecular formula is C25H27FN2O3S2. The molecule has 0 bridgehead atoms. The molecule has 0 aliphatic carbocycles. The van der Waals surface area contributed by atoms with E-state index < -0.39 is 28.3 Å². The van der Waals surface area contributed by atoms with Gasteiger partial charge in [0.2, 0.25) is 15.9 Å².